The van der Waals surface area contributed by atoms with Gasteiger partial charge in [0.1, 0.15) is 5.75 Å². The van der Waals surface area contributed by atoms with Crippen molar-refractivity contribution >= 4 is 27.3 Å². The molecule has 0 aliphatic rings. The Morgan fingerprint density at radius 1 is 1.04 bits per heavy atom. The minimum Gasteiger partial charge on any atom is -0.494 e. The van der Waals surface area contributed by atoms with Crippen molar-refractivity contribution in [1.29, 1.82) is 0 Å². The highest BCUT2D eigenvalue weighted by Gasteiger charge is 2.23. The lowest BCUT2D eigenvalue weighted by atomic mass is 10.3. The van der Waals surface area contributed by atoms with Gasteiger partial charge in [-0.3, -0.25) is 9.10 Å². The Morgan fingerprint density at radius 3 is 2.12 bits per heavy atom. The van der Waals surface area contributed by atoms with E-state index in [1.165, 1.54) is 23.4 Å². The van der Waals surface area contributed by atoms with Gasteiger partial charge in [0.05, 0.1) is 17.2 Å². The minimum absolute atomic E-state index is 0.164. The lowest BCUT2D eigenvalue weighted by Crippen LogP contribution is -2.30. The number of ether oxygens (including phenoxy) is 1. The number of nitrogens with zero attached hydrogens (tertiary/aromatic N) is 1. The molecule has 134 valence electrons. The van der Waals surface area contributed by atoms with Crippen molar-refractivity contribution in [3.63, 3.8) is 0 Å². The summed E-state index contributed by atoms with van der Waals surface area (Å²) in [4.78, 5) is 11.2. The molecule has 0 fully saturated rings. The smallest absolute Gasteiger partial charge is 0.264 e. The van der Waals surface area contributed by atoms with Gasteiger partial charge in [0.2, 0.25) is 5.91 Å². The number of benzene rings is 2. The van der Waals surface area contributed by atoms with Crippen LogP contribution in [0.4, 0.5) is 11.4 Å². The second kappa shape index (κ2) is 8.02. The van der Waals surface area contributed by atoms with Gasteiger partial charge >= 0.3 is 0 Å². The van der Waals surface area contributed by atoms with E-state index in [9.17, 15) is 13.2 Å². The van der Waals surface area contributed by atoms with Gasteiger partial charge < -0.3 is 10.1 Å². The standard InChI is InChI=1S/C18H22N2O4S/c1-4-20(16-8-10-17(11-9-16)24-5-2)25(22,23)18-12-6-15(7-13-18)19-14(3)21/h6-13H,4-5H2,1-3H3,(H,19,21). The van der Waals surface area contributed by atoms with E-state index in [2.05, 4.69) is 5.32 Å². The van der Waals surface area contributed by atoms with Crippen LogP contribution in [0.15, 0.2) is 53.4 Å². The fourth-order valence-electron chi connectivity index (χ4n) is 2.41. The molecular weight excluding hydrogens is 340 g/mol. The summed E-state index contributed by atoms with van der Waals surface area (Å²) < 4.78 is 32.5. The third-order valence-corrected chi connectivity index (χ3v) is 5.40. The molecule has 25 heavy (non-hydrogen) atoms. The number of amides is 1. The Balaban J connectivity index is 2.29. The van der Waals surface area contributed by atoms with Gasteiger partial charge in [-0.25, -0.2) is 8.42 Å². The van der Waals surface area contributed by atoms with Crippen LogP contribution in [-0.2, 0) is 14.8 Å². The molecule has 2 aromatic rings. The minimum atomic E-state index is -3.69. The van der Waals surface area contributed by atoms with Crippen LogP contribution in [0.2, 0.25) is 0 Å². The first kappa shape index (κ1) is 18.8. The predicted molar refractivity (Wildman–Crippen MR) is 98.6 cm³/mol. The molecule has 0 aromatic heterocycles. The van der Waals surface area contributed by atoms with Crippen LogP contribution >= 0.6 is 0 Å². The summed E-state index contributed by atoms with van der Waals surface area (Å²) in [7, 11) is -3.69. The molecule has 0 spiro atoms. The van der Waals surface area contributed by atoms with E-state index in [-0.39, 0.29) is 10.8 Å². The van der Waals surface area contributed by atoms with Crippen LogP contribution in [0, 0.1) is 0 Å². The van der Waals surface area contributed by atoms with Crippen molar-refractivity contribution in [3.05, 3.63) is 48.5 Å². The Morgan fingerprint density at radius 2 is 1.64 bits per heavy atom. The van der Waals surface area contributed by atoms with Crippen LogP contribution in [0.5, 0.6) is 5.75 Å². The van der Waals surface area contributed by atoms with Crippen molar-refractivity contribution in [3.8, 4) is 5.75 Å². The van der Waals surface area contributed by atoms with E-state index in [1.54, 1.807) is 43.3 Å². The highest BCUT2D eigenvalue weighted by Crippen LogP contribution is 2.26. The summed E-state index contributed by atoms with van der Waals surface area (Å²) in [6.07, 6.45) is 0. The first-order valence-electron chi connectivity index (χ1n) is 8.01. The number of rotatable bonds is 7. The van der Waals surface area contributed by atoms with Gasteiger partial charge in [-0.15, -0.1) is 0 Å². The molecule has 0 saturated heterocycles. The average Bonchev–Trinajstić information content (AvgIpc) is 2.57. The second-order valence-corrected chi connectivity index (χ2v) is 7.16. The lowest BCUT2D eigenvalue weighted by molar-refractivity contribution is -0.114. The molecule has 0 heterocycles. The summed E-state index contributed by atoms with van der Waals surface area (Å²) in [5.74, 6) is 0.486. The van der Waals surface area contributed by atoms with Crippen LogP contribution < -0.4 is 14.4 Å². The van der Waals surface area contributed by atoms with Gasteiger partial charge in [-0.05, 0) is 62.4 Å². The number of carbonyl (C=O) groups excluding carboxylic acids is 1. The van der Waals surface area contributed by atoms with E-state index in [0.29, 0.717) is 30.3 Å². The molecule has 7 heteroatoms. The Bertz CT molecular complexity index is 815. The summed E-state index contributed by atoms with van der Waals surface area (Å²) in [5.41, 5.74) is 1.12. The Kier molecular flexibility index (Phi) is 6.03. The van der Waals surface area contributed by atoms with Gasteiger partial charge in [-0.2, -0.15) is 0 Å². The number of hydrogen-bond donors (Lipinski definition) is 1. The van der Waals surface area contributed by atoms with E-state index >= 15 is 0 Å². The molecule has 0 unspecified atom stereocenters. The summed E-state index contributed by atoms with van der Waals surface area (Å²) in [5, 5.41) is 2.62. The third-order valence-electron chi connectivity index (χ3n) is 3.49. The maximum atomic E-state index is 12.9. The van der Waals surface area contributed by atoms with Crippen molar-refractivity contribution in [2.75, 3.05) is 22.8 Å². The molecule has 2 rings (SSSR count). The number of hydrogen-bond acceptors (Lipinski definition) is 4. The zero-order valence-corrected chi connectivity index (χ0v) is 15.3. The second-order valence-electron chi connectivity index (χ2n) is 5.30. The predicted octanol–water partition coefficient (Wildman–Crippen LogP) is 3.26. The first-order chi connectivity index (χ1) is 11.9. The SMILES string of the molecule is CCOc1ccc(N(CC)S(=O)(=O)c2ccc(NC(C)=O)cc2)cc1. The molecule has 0 aliphatic carbocycles. The topological polar surface area (TPSA) is 75.7 Å². The average molecular weight is 362 g/mol. The van der Waals surface area contributed by atoms with Crippen molar-refractivity contribution < 1.29 is 17.9 Å². The van der Waals surface area contributed by atoms with Gasteiger partial charge in [0.15, 0.2) is 0 Å². The van der Waals surface area contributed by atoms with Gasteiger partial charge in [0.25, 0.3) is 10.0 Å². The van der Waals surface area contributed by atoms with Gasteiger partial charge in [-0.1, -0.05) is 0 Å². The van der Waals surface area contributed by atoms with E-state index in [0.717, 1.165) is 0 Å². The molecule has 0 bridgehead atoms. The zero-order chi connectivity index (χ0) is 18.4. The van der Waals surface area contributed by atoms with Crippen LogP contribution in [-0.4, -0.2) is 27.5 Å². The molecule has 0 saturated carbocycles. The van der Waals surface area contributed by atoms with Crippen LogP contribution in [0.3, 0.4) is 0 Å². The molecule has 0 radical (unpaired) electrons. The molecule has 0 atom stereocenters. The molecular formula is C18H22N2O4S. The normalized spacial score (nSPS) is 11.0. The van der Waals surface area contributed by atoms with Crippen molar-refractivity contribution in [2.24, 2.45) is 0 Å². The largest absolute Gasteiger partial charge is 0.494 e. The Hall–Kier alpha value is -2.54. The maximum absolute atomic E-state index is 12.9. The van der Waals surface area contributed by atoms with Gasteiger partial charge in [0, 0.05) is 19.2 Å². The number of anilines is 2. The fourth-order valence-corrected chi connectivity index (χ4v) is 3.88. The van der Waals surface area contributed by atoms with Crippen LogP contribution in [0.1, 0.15) is 20.8 Å². The zero-order valence-electron chi connectivity index (χ0n) is 14.5. The van der Waals surface area contributed by atoms with Crippen molar-refractivity contribution in [2.45, 2.75) is 25.7 Å². The monoisotopic (exact) mass is 362 g/mol. The van der Waals surface area contributed by atoms with E-state index in [4.69, 9.17) is 4.74 Å². The summed E-state index contributed by atoms with van der Waals surface area (Å²) in [6, 6.07) is 13.0. The lowest BCUT2D eigenvalue weighted by Gasteiger charge is -2.23. The van der Waals surface area contributed by atoms with Crippen molar-refractivity contribution in [1.82, 2.24) is 0 Å². The molecule has 1 amide bonds. The highest BCUT2D eigenvalue weighted by molar-refractivity contribution is 7.92. The quantitative estimate of drug-likeness (QED) is 0.820. The third kappa shape index (κ3) is 4.51. The molecule has 2 aromatic carbocycles. The summed E-state index contributed by atoms with van der Waals surface area (Å²) >= 11 is 0. The fraction of sp³-hybridized carbons (Fsp3) is 0.278. The number of nitrogens with one attached hydrogen (secondary N) is 1. The number of carbonyl (C=O) groups is 1. The summed E-state index contributed by atoms with van der Waals surface area (Å²) in [6.45, 7) is 5.91. The van der Waals surface area contributed by atoms with E-state index in [1.807, 2.05) is 6.92 Å². The molecule has 0 aliphatic heterocycles. The Labute approximate surface area is 148 Å². The van der Waals surface area contributed by atoms with Crippen LogP contribution in [0.25, 0.3) is 0 Å². The number of sulfonamides is 1. The highest BCUT2D eigenvalue weighted by atomic mass is 32.2. The maximum Gasteiger partial charge on any atom is 0.264 e. The first-order valence-corrected chi connectivity index (χ1v) is 9.45. The molecule has 6 nitrogen and oxygen atoms in total. The molecule has 1 N–H and O–H groups in total. The van der Waals surface area contributed by atoms with E-state index < -0.39 is 10.0 Å².